The standard InChI is InChI=1S/C20H31N3O3S.ClH/c1-15-10-12-22(18(13-15)14-21)20(24)17-6-8-19(9-7-17)27(25,26)23-11-4-3-5-16(23)2;/h6-9,15-16,18H,3-5,10-14,21H2,1-2H3;1H. The molecule has 0 radical (unpaired) electrons. The molecule has 0 aromatic heterocycles. The monoisotopic (exact) mass is 429 g/mol. The second-order valence-electron chi connectivity index (χ2n) is 8.00. The van der Waals surface area contributed by atoms with Gasteiger partial charge in [0.25, 0.3) is 5.91 Å². The number of carbonyl (C=O) groups excluding carboxylic acids is 1. The molecule has 1 aromatic carbocycles. The third kappa shape index (κ3) is 4.70. The van der Waals surface area contributed by atoms with E-state index in [1.54, 1.807) is 28.6 Å². The Balaban J connectivity index is 0.00000280. The first-order valence-corrected chi connectivity index (χ1v) is 11.4. The van der Waals surface area contributed by atoms with Crippen molar-refractivity contribution in [1.29, 1.82) is 0 Å². The van der Waals surface area contributed by atoms with Crippen molar-refractivity contribution in [2.24, 2.45) is 11.7 Å². The van der Waals surface area contributed by atoms with Gasteiger partial charge in [-0.2, -0.15) is 4.31 Å². The molecule has 2 fully saturated rings. The number of nitrogens with two attached hydrogens (primary N) is 1. The van der Waals surface area contributed by atoms with Crippen LogP contribution in [0, 0.1) is 5.92 Å². The highest BCUT2D eigenvalue weighted by Gasteiger charge is 2.32. The van der Waals surface area contributed by atoms with Crippen LogP contribution in [0.2, 0.25) is 0 Å². The van der Waals surface area contributed by atoms with E-state index < -0.39 is 10.0 Å². The molecule has 2 heterocycles. The number of piperidine rings is 2. The summed E-state index contributed by atoms with van der Waals surface area (Å²) in [4.78, 5) is 15.0. The molecule has 1 aromatic rings. The summed E-state index contributed by atoms with van der Waals surface area (Å²) in [5.74, 6) is 0.509. The number of amides is 1. The van der Waals surface area contributed by atoms with E-state index in [2.05, 4.69) is 6.92 Å². The van der Waals surface area contributed by atoms with Crippen molar-refractivity contribution in [3.63, 3.8) is 0 Å². The van der Waals surface area contributed by atoms with Gasteiger partial charge >= 0.3 is 0 Å². The van der Waals surface area contributed by atoms with E-state index in [-0.39, 0.29) is 35.3 Å². The van der Waals surface area contributed by atoms with Gasteiger partial charge in [0.15, 0.2) is 0 Å². The maximum absolute atomic E-state index is 12.9. The van der Waals surface area contributed by atoms with Crippen molar-refractivity contribution in [2.45, 2.75) is 62.9 Å². The number of halogens is 1. The van der Waals surface area contributed by atoms with Crippen LogP contribution in [0.3, 0.4) is 0 Å². The summed E-state index contributed by atoms with van der Waals surface area (Å²) < 4.78 is 27.4. The third-order valence-electron chi connectivity index (χ3n) is 5.96. The van der Waals surface area contributed by atoms with Gasteiger partial charge in [-0.3, -0.25) is 4.79 Å². The number of rotatable bonds is 4. The van der Waals surface area contributed by atoms with Crippen molar-refractivity contribution in [1.82, 2.24) is 9.21 Å². The zero-order chi connectivity index (χ0) is 19.6. The average Bonchev–Trinajstić information content (AvgIpc) is 2.67. The number of hydrogen-bond acceptors (Lipinski definition) is 4. The molecule has 1 amide bonds. The summed E-state index contributed by atoms with van der Waals surface area (Å²) in [5, 5.41) is 0. The molecule has 2 saturated heterocycles. The summed E-state index contributed by atoms with van der Waals surface area (Å²) in [6.07, 6.45) is 4.75. The van der Waals surface area contributed by atoms with E-state index in [9.17, 15) is 13.2 Å². The van der Waals surface area contributed by atoms with Crippen molar-refractivity contribution in [2.75, 3.05) is 19.6 Å². The largest absolute Gasteiger partial charge is 0.334 e. The second-order valence-corrected chi connectivity index (χ2v) is 9.89. The highest BCUT2D eigenvalue weighted by atomic mass is 35.5. The predicted octanol–water partition coefficient (Wildman–Crippen LogP) is 2.87. The van der Waals surface area contributed by atoms with Gasteiger partial charge in [0.2, 0.25) is 10.0 Å². The summed E-state index contributed by atoms with van der Waals surface area (Å²) >= 11 is 0. The lowest BCUT2D eigenvalue weighted by Gasteiger charge is -2.38. The summed E-state index contributed by atoms with van der Waals surface area (Å²) in [6.45, 7) is 5.86. The first-order valence-electron chi connectivity index (χ1n) is 9.97. The van der Waals surface area contributed by atoms with E-state index in [1.807, 2.05) is 11.8 Å². The second kappa shape index (κ2) is 9.57. The Bertz CT molecular complexity index is 769. The number of hydrogen-bond donors (Lipinski definition) is 1. The molecule has 6 nitrogen and oxygen atoms in total. The zero-order valence-electron chi connectivity index (χ0n) is 16.7. The van der Waals surface area contributed by atoms with Crippen LogP contribution >= 0.6 is 12.4 Å². The predicted molar refractivity (Wildman–Crippen MR) is 113 cm³/mol. The van der Waals surface area contributed by atoms with Crippen molar-refractivity contribution >= 4 is 28.3 Å². The third-order valence-corrected chi connectivity index (χ3v) is 7.99. The Morgan fingerprint density at radius 1 is 1.11 bits per heavy atom. The van der Waals surface area contributed by atoms with E-state index in [1.165, 1.54) is 0 Å². The lowest BCUT2D eigenvalue weighted by Crippen LogP contribution is -2.49. The number of nitrogens with zero attached hydrogens (tertiary/aromatic N) is 2. The highest BCUT2D eigenvalue weighted by Crippen LogP contribution is 2.27. The van der Waals surface area contributed by atoms with Crippen molar-refractivity contribution in [3.05, 3.63) is 29.8 Å². The molecule has 0 aliphatic carbocycles. The fraction of sp³-hybridized carbons (Fsp3) is 0.650. The minimum Gasteiger partial charge on any atom is -0.334 e. The number of sulfonamides is 1. The molecule has 2 aliphatic heterocycles. The number of carbonyl (C=O) groups is 1. The molecule has 158 valence electrons. The maximum Gasteiger partial charge on any atom is 0.254 e. The van der Waals surface area contributed by atoms with E-state index >= 15 is 0 Å². The van der Waals surface area contributed by atoms with Crippen LogP contribution in [0.4, 0.5) is 0 Å². The zero-order valence-corrected chi connectivity index (χ0v) is 18.3. The van der Waals surface area contributed by atoms with Gasteiger partial charge in [-0.15, -0.1) is 12.4 Å². The maximum atomic E-state index is 12.9. The van der Waals surface area contributed by atoms with Gasteiger partial charge in [0.1, 0.15) is 0 Å². The Labute approximate surface area is 174 Å². The van der Waals surface area contributed by atoms with Gasteiger partial charge in [0, 0.05) is 37.3 Å². The van der Waals surface area contributed by atoms with Crippen LogP contribution in [-0.4, -0.2) is 55.2 Å². The first kappa shape index (κ1) is 23.1. The summed E-state index contributed by atoms with van der Waals surface area (Å²) in [5.41, 5.74) is 6.39. The summed E-state index contributed by atoms with van der Waals surface area (Å²) in [6, 6.07) is 6.47. The molecule has 3 rings (SSSR count). The Morgan fingerprint density at radius 3 is 2.39 bits per heavy atom. The fourth-order valence-electron chi connectivity index (χ4n) is 4.24. The Kier molecular flexibility index (Phi) is 7.90. The van der Waals surface area contributed by atoms with Crippen LogP contribution in [0.5, 0.6) is 0 Å². The van der Waals surface area contributed by atoms with E-state index in [0.29, 0.717) is 31.1 Å². The van der Waals surface area contributed by atoms with Gasteiger partial charge in [-0.1, -0.05) is 13.3 Å². The number of likely N-dealkylation sites (tertiary alicyclic amines) is 1. The van der Waals surface area contributed by atoms with Gasteiger partial charge in [0.05, 0.1) is 4.90 Å². The van der Waals surface area contributed by atoms with Crippen LogP contribution in [0.25, 0.3) is 0 Å². The summed E-state index contributed by atoms with van der Waals surface area (Å²) in [7, 11) is -3.51. The lowest BCUT2D eigenvalue weighted by molar-refractivity contribution is 0.0573. The molecule has 0 spiro atoms. The number of benzene rings is 1. The molecular formula is C20H32ClN3O3S. The van der Waals surface area contributed by atoms with Gasteiger partial charge < -0.3 is 10.6 Å². The smallest absolute Gasteiger partial charge is 0.254 e. The fourth-order valence-corrected chi connectivity index (χ4v) is 5.94. The Hall–Kier alpha value is -1.15. The first-order chi connectivity index (χ1) is 12.8. The van der Waals surface area contributed by atoms with E-state index in [4.69, 9.17) is 5.73 Å². The highest BCUT2D eigenvalue weighted by molar-refractivity contribution is 7.89. The van der Waals surface area contributed by atoms with Crippen LogP contribution in [0.1, 0.15) is 56.3 Å². The molecule has 2 N–H and O–H groups in total. The quantitative estimate of drug-likeness (QED) is 0.797. The molecule has 28 heavy (non-hydrogen) atoms. The minimum absolute atomic E-state index is 0. The van der Waals surface area contributed by atoms with Crippen LogP contribution in [0.15, 0.2) is 29.2 Å². The van der Waals surface area contributed by atoms with Gasteiger partial charge in [-0.25, -0.2) is 8.42 Å². The van der Waals surface area contributed by atoms with Crippen LogP contribution < -0.4 is 5.73 Å². The molecule has 3 atom stereocenters. The SMILES string of the molecule is CC1CCN(C(=O)c2ccc(S(=O)(=O)N3CCCCC3C)cc2)C(CN)C1.Cl. The molecular weight excluding hydrogens is 398 g/mol. The lowest BCUT2D eigenvalue weighted by atomic mass is 9.92. The van der Waals surface area contributed by atoms with Crippen molar-refractivity contribution in [3.8, 4) is 0 Å². The Morgan fingerprint density at radius 2 is 1.79 bits per heavy atom. The topological polar surface area (TPSA) is 83.7 Å². The molecule has 3 unspecified atom stereocenters. The minimum atomic E-state index is -3.51. The molecule has 8 heteroatoms. The molecule has 2 aliphatic rings. The molecule has 0 saturated carbocycles. The van der Waals surface area contributed by atoms with Crippen molar-refractivity contribution < 1.29 is 13.2 Å². The average molecular weight is 430 g/mol. The van der Waals surface area contributed by atoms with Crippen LogP contribution in [-0.2, 0) is 10.0 Å². The molecule has 0 bridgehead atoms. The normalized spacial score (nSPS) is 26.5. The van der Waals surface area contributed by atoms with Gasteiger partial charge in [-0.05, 0) is 62.8 Å². The van der Waals surface area contributed by atoms with E-state index in [0.717, 1.165) is 32.1 Å².